The van der Waals surface area contributed by atoms with Crippen molar-refractivity contribution in [1.29, 1.82) is 5.26 Å². The van der Waals surface area contributed by atoms with Crippen molar-refractivity contribution in [3.05, 3.63) is 59.3 Å². The Labute approximate surface area is 142 Å². The minimum absolute atomic E-state index is 0.299. The van der Waals surface area contributed by atoms with Crippen LogP contribution in [-0.4, -0.2) is 15.0 Å². The van der Waals surface area contributed by atoms with Crippen LogP contribution >= 0.6 is 11.8 Å². The topological polar surface area (TPSA) is 75.6 Å². The number of nitriles is 1. The molecule has 0 atom stereocenters. The minimum atomic E-state index is -0.299. The largest absolute Gasteiger partial charge is 0.440 e. The van der Waals surface area contributed by atoms with Gasteiger partial charge in [0.25, 0.3) is 0 Å². The Hall–Kier alpha value is -2.72. The molecule has 3 aromatic rings. The van der Waals surface area contributed by atoms with E-state index in [1.165, 1.54) is 23.9 Å². The molecule has 0 bridgehead atoms. The van der Waals surface area contributed by atoms with Gasteiger partial charge in [-0.15, -0.1) is 0 Å². The molecule has 0 spiro atoms. The molecule has 0 N–H and O–H groups in total. The third kappa shape index (κ3) is 3.44. The molecule has 5 nitrogen and oxygen atoms in total. The first kappa shape index (κ1) is 16.1. The van der Waals surface area contributed by atoms with Crippen LogP contribution in [0.5, 0.6) is 0 Å². The van der Waals surface area contributed by atoms with Crippen molar-refractivity contribution < 1.29 is 8.81 Å². The fourth-order valence-electron chi connectivity index (χ4n) is 2.17. The third-order valence-electron chi connectivity index (χ3n) is 3.29. The molecule has 0 saturated carbocycles. The van der Waals surface area contributed by atoms with Gasteiger partial charge in [0.15, 0.2) is 5.76 Å². The summed E-state index contributed by atoms with van der Waals surface area (Å²) in [6.45, 7) is 3.57. The van der Waals surface area contributed by atoms with Crippen LogP contribution in [0.2, 0.25) is 0 Å². The molecule has 0 fully saturated rings. The van der Waals surface area contributed by atoms with Crippen molar-refractivity contribution in [2.45, 2.75) is 24.6 Å². The van der Waals surface area contributed by atoms with Gasteiger partial charge in [-0.05, 0) is 38.1 Å². The van der Waals surface area contributed by atoms with Gasteiger partial charge >= 0.3 is 0 Å². The number of halogens is 1. The lowest BCUT2D eigenvalue weighted by Gasteiger charge is -2.05. The summed E-state index contributed by atoms with van der Waals surface area (Å²) in [7, 11) is 0. The van der Waals surface area contributed by atoms with Crippen LogP contribution in [0.4, 0.5) is 4.39 Å². The van der Waals surface area contributed by atoms with E-state index in [4.69, 9.17) is 4.42 Å². The standard InChI is InChI=1S/C17H13FN4OS/c1-10-14(7-19)17(22-11(2)21-10)24-9-16-20-8-15(23-16)12-3-5-13(18)6-4-12/h3-6,8H,9H2,1-2H3. The Balaban J connectivity index is 1.77. The molecule has 0 aliphatic carbocycles. The predicted molar refractivity (Wildman–Crippen MR) is 87.7 cm³/mol. The van der Waals surface area contributed by atoms with Gasteiger partial charge < -0.3 is 4.42 Å². The van der Waals surface area contributed by atoms with Crippen LogP contribution in [0.3, 0.4) is 0 Å². The van der Waals surface area contributed by atoms with E-state index in [2.05, 4.69) is 21.0 Å². The summed E-state index contributed by atoms with van der Waals surface area (Å²) in [5.41, 5.74) is 1.88. The summed E-state index contributed by atoms with van der Waals surface area (Å²) < 4.78 is 18.6. The molecule has 0 unspecified atom stereocenters. The van der Waals surface area contributed by atoms with E-state index < -0.39 is 0 Å². The van der Waals surface area contributed by atoms with Gasteiger partial charge in [0, 0.05) is 5.56 Å². The van der Waals surface area contributed by atoms with Crippen molar-refractivity contribution >= 4 is 11.8 Å². The average molecular weight is 340 g/mol. The van der Waals surface area contributed by atoms with Crippen molar-refractivity contribution in [1.82, 2.24) is 15.0 Å². The van der Waals surface area contributed by atoms with Crippen molar-refractivity contribution in [2.24, 2.45) is 0 Å². The second-order valence-electron chi connectivity index (χ2n) is 5.06. The van der Waals surface area contributed by atoms with E-state index in [0.717, 1.165) is 5.56 Å². The molecule has 2 heterocycles. The van der Waals surface area contributed by atoms with Gasteiger partial charge in [-0.3, -0.25) is 0 Å². The van der Waals surface area contributed by atoms with Crippen LogP contribution in [0.1, 0.15) is 23.0 Å². The van der Waals surface area contributed by atoms with Gasteiger partial charge in [0.2, 0.25) is 5.89 Å². The van der Waals surface area contributed by atoms with Gasteiger partial charge in [-0.1, -0.05) is 11.8 Å². The highest BCUT2D eigenvalue weighted by Gasteiger charge is 2.13. The zero-order valence-corrected chi connectivity index (χ0v) is 13.9. The average Bonchev–Trinajstić information content (AvgIpc) is 3.02. The fourth-order valence-corrected chi connectivity index (χ4v) is 3.10. The molecular formula is C17H13FN4OS. The monoisotopic (exact) mass is 340 g/mol. The summed E-state index contributed by atoms with van der Waals surface area (Å²) >= 11 is 1.37. The molecular weight excluding hydrogens is 327 g/mol. The van der Waals surface area contributed by atoms with E-state index in [1.54, 1.807) is 32.2 Å². The number of thioether (sulfide) groups is 1. The first-order chi connectivity index (χ1) is 11.6. The lowest BCUT2D eigenvalue weighted by molar-refractivity contribution is 0.529. The number of hydrogen-bond donors (Lipinski definition) is 0. The summed E-state index contributed by atoms with van der Waals surface area (Å²) in [6.07, 6.45) is 1.60. The van der Waals surface area contributed by atoms with Crippen LogP contribution in [-0.2, 0) is 5.75 Å². The SMILES string of the molecule is Cc1nc(C)c(C#N)c(SCc2ncc(-c3ccc(F)cc3)o2)n1. The predicted octanol–water partition coefficient (Wildman–Crippen LogP) is 4.05. The maximum atomic E-state index is 13.0. The number of nitrogens with zero attached hydrogens (tertiary/aromatic N) is 4. The zero-order chi connectivity index (χ0) is 17.1. The Morgan fingerprint density at radius 1 is 1.21 bits per heavy atom. The van der Waals surface area contributed by atoms with E-state index in [1.807, 2.05) is 0 Å². The molecule has 0 amide bonds. The molecule has 7 heteroatoms. The highest BCUT2D eigenvalue weighted by Crippen LogP contribution is 2.27. The quantitative estimate of drug-likeness (QED) is 0.527. The van der Waals surface area contributed by atoms with Gasteiger partial charge in [-0.2, -0.15) is 5.26 Å². The van der Waals surface area contributed by atoms with E-state index in [9.17, 15) is 9.65 Å². The van der Waals surface area contributed by atoms with E-state index in [-0.39, 0.29) is 5.82 Å². The smallest absolute Gasteiger partial charge is 0.205 e. The highest BCUT2D eigenvalue weighted by atomic mass is 32.2. The summed E-state index contributed by atoms with van der Waals surface area (Å²) in [4.78, 5) is 12.7. The molecule has 1 aromatic carbocycles. The molecule has 0 aliphatic heterocycles. The molecule has 3 rings (SSSR count). The summed E-state index contributed by atoms with van der Waals surface area (Å²) in [5, 5.41) is 9.86. The van der Waals surface area contributed by atoms with Crippen LogP contribution in [0, 0.1) is 31.0 Å². The number of aryl methyl sites for hydroxylation is 2. The highest BCUT2D eigenvalue weighted by molar-refractivity contribution is 7.98. The lowest BCUT2D eigenvalue weighted by atomic mass is 10.2. The molecule has 120 valence electrons. The Kier molecular flexibility index (Phi) is 4.58. The molecule has 0 aliphatic rings. The van der Waals surface area contributed by atoms with Crippen LogP contribution < -0.4 is 0 Å². The Morgan fingerprint density at radius 2 is 1.96 bits per heavy atom. The fraction of sp³-hybridized carbons (Fsp3) is 0.176. The maximum Gasteiger partial charge on any atom is 0.205 e. The normalized spacial score (nSPS) is 10.6. The number of oxazole rings is 1. The van der Waals surface area contributed by atoms with Crippen LogP contribution in [0.15, 0.2) is 39.9 Å². The summed E-state index contributed by atoms with van der Waals surface area (Å²) in [6, 6.07) is 8.15. The second kappa shape index (κ2) is 6.81. The number of benzene rings is 1. The Morgan fingerprint density at radius 3 is 2.67 bits per heavy atom. The van der Waals surface area contributed by atoms with Crippen molar-refractivity contribution in [2.75, 3.05) is 0 Å². The molecule has 2 aromatic heterocycles. The maximum absolute atomic E-state index is 13.0. The number of aromatic nitrogens is 3. The number of rotatable bonds is 4. The van der Waals surface area contributed by atoms with Gasteiger partial charge in [0.05, 0.1) is 17.6 Å². The van der Waals surface area contributed by atoms with Gasteiger partial charge in [0.1, 0.15) is 28.3 Å². The molecule has 0 radical (unpaired) electrons. The lowest BCUT2D eigenvalue weighted by Crippen LogP contribution is -1.99. The van der Waals surface area contributed by atoms with Crippen molar-refractivity contribution in [3.63, 3.8) is 0 Å². The Bertz CT molecular complexity index is 915. The van der Waals surface area contributed by atoms with Crippen molar-refractivity contribution in [3.8, 4) is 17.4 Å². The summed E-state index contributed by atoms with van der Waals surface area (Å²) in [5.74, 6) is 1.84. The molecule has 24 heavy (non-hydrogen) atoms. The first-order valence-corrected chi connectivity index (χ1v) is 8.14. The van der Waals surface area contributed by atoms with E-state index in [0.29, 0.717) is 39.5 Å². The third-order valence-corrected chi connectivity index (χ3v) is 4.26. The zero-order valence-electron chi connectivity index (χ0n) is 13.1. The first-order valence-electron chi connectivity index (χ1n) is 7.15. The van der Waals surface area contributed by atoms with E-state index >= 15 is 0 Å². The second-order valence-corrected chi connectivity index (χ2v) is 6.03. The van der Waals surface area contributed by atoms with Crippen LogP contribution in [0.25, 0.3) is 11.3 Å². The minimum Gasteiger partial charge on any atom is -0.440 e. The molecule has 0 saturated heterocycles. The number of hydrogen-bond acceptors (Lipinski definition) is 6. The van der Waals surface area contributed by atoms with Gasteiger partial charge in [-0.25, -0.2) is 19.3 Å².